The summed E-state index contributed by atoms with van der Waals surface area (Å²) in [5.41, 5.74) is 0. The first-order chi connectivity index (χ1) is 5.82. The monoisotopic (exact) mass is 196 g/mol. The molecule has 0 radical (unpaired) electrons. The van der Waals surface area contributed by atoms with Gasteiger partial charge in [-0.1, -0.05) is 13.8 Å². The van der Waals surface area contributed by atoms with Crippen molar-refractivity contribution in [3.05, 3.63) is 0 Å². The van der Waals surface area contributed by atoms with Crippen LogP contribution in [0.1, 0.15) is 26.7 Å². The molecule has 0 aromatic rings. The molecule has 78 valence electrons. The maximum Gasteiger partial charge on any atom is 0.391 e. The highest BCUT2D eigenvalue weighted by Gasteiger charge is 2.45. The maximum atomic E-state index is 12.3. The Kier molecular flexibility index (Phi) is 2.90. The zero-order valence-electron chi connectivity index (χ0n) is 7.80. The number of aliphatic hydroxyl groups excluding tert-OH is 1. The second kappa shape index (κ2) is 3.48. The first kappa shape index (κ1) is 10.8. The van der Waals surface area contributed by atoms with Gasteiger partial charge in [-0.3, -0.25) is 0 Å². The van der Waals surface area contributed by atoms with Crippen LogP contribution in [0.3, 0.4) is 0 Å². The smallest absolute Gasteiger partial charge is 0.391 e. The van der Waals surface area contributed by atoms with E-state index in [0.717, 1.165) is 0 Å². The van der Waals surface area contributed by atoms with E-state index in [-0.39, 0.29) is 24.7 Å². The second-order valence-electron chi connectivity index (χ2n) is 4.16. The molecule has 0 amide bonds. The van der Waals surface area contributed by atoms with Gasteiger partial charge < -0.3 is 5.11 Å². The van der Waals surface area contributed by atoms with Crippen molar-refractivity contribution >= 4 is 0 Å². The zero-order valence-corrected chi connectivity index (χ0v) is 7.80. The van der Waals surface area contributed by atoms with Gasteiger partial charge in [0, 0.05) is 0 Å². The van der Waals surface area contributed by atoms with Crippen LogP contribution < -0.4 is 0 Å². The van der Waals surface area contributed by atoms with E-state index in [1.807, 2.05) is 0 Å². The summed E-state index contributed by atoms with van der Waals surface area (Å²) >= 11 is 0. The Labute approximate surface area is 75.9 Å². The minimum Gasteiger partial charge on any atom is -0.393 e. The van der Waals surface area contributed by atoms with Gasteiger partial charge in [-0.15, -0.1) is 0 Å². The lowest BCUT2D eigenvalue weighted by molar-refractivity contribution is -0.197. The van der Waals surface area contributed by atoms with Crippen LogP contribution in [-0.4, -0.2) is 17.4 Å². The number of aliphatic hydroxyl groups is 1. The van der Waals surface area contributed by atoms with E-state index < -0.39 is 18.2 Å². The molecular weight excluding hydrogens is 181 g/mol. The van der Waals surface area contributed by atoms with Gasteiger partial charge >= 0.3 is 6.18 Å². The predicted octanol–water partition coefficient (Wildman–Crippen LogP) is 2.59. The van der Waals surface area contributed by atoms with E-state index in [1.54, 1.807) is 13.8 Å². The molecule has 0 heterocycles. The van der Waals surface area contributed by atoms with Crippen molar-refractivity contribution in [1.29, 1.82) is 0 Å². The Morgan fingerprint density at radius 1 is 1.08 bits per heavy atom. The molecular formula is C9H15F3O. The van der Waals surface area contributed by atoms with E-state index in [9.17, 15) is 18.3 Å². The number of hydrogen-bond donors (Lipinski definition) is 1. The van der Waals surface area contributed by atoms with Crippen LogP contribution in [0.25, 0.3) is 0 Å². The van der Waals surface area contributed by atoms with Crippen LogP contribution >= 0.6 is 0 Å². The highest BCUT2D eigenvalue weighted by Crippen LogP contribution is 2.42. The molecule has 13 heavy (non-hydrogen) atoms. The lowest BCUT2D eigenvalue weighted by atomic mass is 9.74. The predicted molar refractivity (Wildman–Crippen MR) is 43.1 cm³/mol. The summed E-state index contributed by atoms with van der Waals surface area (Å²) < 4.78 is 37.0. The van der Waals surface area contributed by atoms with Crippen LogP contribution in [0.5, 0.6) is 0 Å². The fourth-order valence-electron chi connectivity index (χ4n) is 2.10. The minimum absolute atomic E-state index is 0.0645. The van der Waals surface area contributed by atoms with Gasteiger partial charge in [0.15, 0.2) is 0 Å². The zero-order chi connectivity index (χ0) is 10.2. The molecule has 4 heteroatoms. The molecule has 0 aromatic carbocycles. The van der Waals surface area contributed by atoms with Crippen LogP contribution in [0.2, 0.25) is 0 Å². The van der Waals surface area contributed by atoms with E-state index in [4.69, 9.17) is 0 Å². The molecule has 1 nitrogen and oxygen atoms in total. The van der Waals surface area contributed by atoms with Gasteiger partial charge in [0.2, 0.25) is 0 Å². The Hall–Kier alpha value is -0.250. The van der Waals surface area contributed by atoms with Crippen LogP contribution in [0.4, 0.5) is 13.2 Å². The summed E-state index contributed by atoms with van der Waals surface area (Å²) in [7, 11) is 0. The number of alkyl halides is 3. The summed E-state index contributed by atoms with van der Waals surface area (Å²) in [5, 5.41) is 9.46. The molecule has 0 aliphatic heterocycles. The number of halogens is 3. The van der Waals surface area contributed by atoms with Crippen molar-refractivity contribution in [3.8, 4) is 0 Å². The highest BCUT2D eigenvalue weighted by molar-refractivity contribution is 4.84. The lowest BCUT2D eigenvalue weighted by Gasteiger charge is -2.36. The Bertz CT molecular complexity index is 166. The average molecular weight is 196 g/mol. The molecule has 0 spiro atoms. The van der Waals surface area contributed by atoms with Crippen molar-refractivity contribution < 1.29 is 18.3 Å². The highest BCUT2D eigenvalue weighted by atomic mass is 19.4. The van der Waals surface area contributed by atoms with Gasteiger partial charge in [0.05, 0.1) is 12.0 Å². The third-order valence-corrected chi connectivity index (χ3v) is 2.94. The van der Waals surface area contributed by atoms with Gasteiger partial charge in [0.1, 0.15) is 0 Å². The molecule has 1 rings (SSSR count). The van der Waals surface area contributed by atoms with E-state index >= 15 is 0 Å². The van der Waals surface area contributed by atoms with Crippen LogP contribution in [0.15, 0.2) is 0 Å². The van der Waals surface area contributed by atoms with E-state index in [1.165, 1.54) is 0 Å². The SMILES string of the molecule is CC1CC(C(F)(F)F)CC(C)C1O. The summed E-state index contributed by atoms with van der Waals surface area (Å²) in [6.07, 6.45) is -4.54. The van der Waals surface area contributed by atoms with Gasteiger partial charge in [-0.25, -0.2) is 0 Å². The van der Waals surface area contributed by atoms with Crippen molar-refractivity contribution in [2.24, 2.45) is 17.8 Å². The van der Waals surface area contributed by atoms with Crippen molar-refractivity contribution in [1.82, 2.24) is 0 Å². The molecule has 2 atom stereocenters. The molecule has 2 unspecified atom stereocenters. The molecule has 1 fully saturated rings. The second-order valence-corrected chi connectivity index (χ2v) is 4.16. The molecule has 1 aliphatic rings. The summed E-state index contributed by atoms with van der Waals surface area (Å²) in [4.78, 5) is 0. The summed E-state index contributed by atoms with van der Waals surface area (Å²) in [6, 6.07) is 0. The average Bonchev–Trinajstić information content (AvgIpc) is 1.97. The first-order valence-electron chi connectivity index (χ1n) is 4.57. The standard InChI is InChI=1S/C9H15F3O/c1-5-3-7(9(10,11)12)4-6(2)8(5)13/h5-8,13H,3-4H2,1-2H3. The molecule has 1 N–H and O–H groups in total. The normalized spacial score (nSPS) is 42.0. The summed E-state index contributed by atoms with van der Waals surface area (Å²) in [5.74, 6) is -1.70. The quantitative estimate of drug-likeness (QED) is 0.631. The summed E-state index contributed by atoms with van der Waals surface area (Å²) in [6.45, 7) is 3.36. The number of rotatable bonds is 0. The lowest BCUT2D eigenvalue weighted by Crippen LogP contribution is -2.39. The Morgan fingerprint density at radius 2 is 1.46 bits per heavy atom. The fraction of sp³-hybridized carbons (Fsp3) is 1.00. The molecule has 1 aliphatic carbocycles. The van der Waals surface area contributed by atoms with E-state index in [2.05, 4.69) is 0 Å². The van der Waals surface area contributed by atoms with E-state index in [0.29, 0.717) is 0 Å². The third-order valence-electron chi connectivity index (χ3n) is 2.94. The van der Waals surface area contributed by atoms with Crippen LogP contribution in [0, 0.1) is 17.8 Å². The van der Waals surface area contributed by atoms with Gasteiger partial charge in [-0.05, 0) is 24.7 Å². The fourth-order valence-corrected chi connectivity index (χ4v) is 2.10. The van der Waals surface area contributed by atoms with Crippen molar-refractivity contribution in [2.75, 3.05) is 0 Å². The van der Waals surface area contributed by atoms with Gasteiger partial charge in [0.25, 0.3) is 0 Å². The minimum atomic E-state index is -4.09. The molecule has 0 aromatic heterocycles. The van der Waals surface area contributed by atoms with Crippen molar-refractivity contribution in [2.45, 2.75) is 39.0 Å². The largest absolute Gasteiger partial charge is 0.393 e. The van der Waals surface area contributed by atoms with Crippen molar-refractivity contribution in [3.63, 3.8) is 0 Å². The number of hydrogen-bond acceptors (Lipinski definition) is 1. The molecule has 0 bridgehead atoms. The van der Waals surface area contributed by atoms with Crippen LogP contribution in [-0.2, 0) is 0 Å². The topological polar surface area (TPSA) is 20.2 Å². The first-order valence-corrected chi connectivity index (χ1v) is 4.57. The Balaban J connectivity index is 2.64. The van der Waals surface area contributed by atoms with Gasteiger partial charge in [-0.2, -0.15) is 13.2 Å². The Morgan fingerprint density at radius 3 is 1.77 bits per heavy atom. The molecule has 1 saturated carbocycles. The maximum absolute atomic E-state index is 12.3. The molecule has 0 saturated heterocycles. The third kappa shape index (κ3) is 2.36.